The average Bonchev–Trinajstić information content (AvgIpc) is 3.47. The Hall–Kier alpha value is -2.96. The highest BCUT2D eigenvalue weighted by atomic mass is 35.5. The number of alkyl halides is 5. The molecule has 42 heavy (non-hydrogen) atoms. The molecule has 3 aromatic rings. The van der Waals surface area contributed by atoms with Gasteiger partial charge in [-0.3, -0.25) is 0 Å². The van der Waals surface area contributed by atoms with E-state index >= 15 is 0 Å². The third-order valence-electron chi connectivity index (χ3n) is 8.27. The molecule has 0 spiro atoms. The molecule has 0 aromatic heterocycles. The zero-order chi connectivity index (χ0) is 31.4. The van der Waals surface area contributed by atoms with Crippen molar-refractivity contribution in [1.82, 2.24) is 0 Å². The van der Waals surface area contributed by atoms with Gasteiger partial charge in [0, 0.05) is 39.9 Å². The Morgan fingerprint density at radius 2 is 1.57 bits per heavy atom. The summed E-state index contributed by atoms with van der Waals surface area (Å²) in [5.41, 5.74) is 2.67. The zero-order valence-corrected chi connectivity index (χ0v) is 26.1. The Morgan fingerprint density at radius 3 is 2.17 bits per heavy atom. The van der Waals surface area contributed by atoms with E-state index in [-0.39, 0.29) is 29.1 Å². The van der Waals surface area contributed by atoms with Gasteiger partial charge in [-0.2, -0.15) is 13.2 Å². The van der Waals surface area contributed by atoms with Crippen LogP contribution in [0.5, 0.6) is 0 Å². The van der Waals surface area contributed by atoms with Crippen LogP contribution in [0.2, 0.25) is 5.02 Å². The van der Waals surface area contributed by atoms with Crippen molar-refractivity contribution in [3.05, 3.63) is 118 Å². The molecule has 0 amide bonds. The Kier molecular flexibility index (Phi) is 8.58. The molecule has 0 bridgehead atoms. The van der Waals surface area contributed by atoms with Crippen LogP contribution in [0.1, 0.15) is 72.9 Å². The van der Waals surface area contributed by atoms with Crippen LogP contribution in [0, 0.1) is 19.8 Å². The number of anilines is 2. The maximum absolute atomic E-state index is 14.3. The lowest BCUT2D eigenvalue weighted by Crippen LogP contribution is -2.22. The molecule has 0 aliphatic heterocycles. The molecular weight excluding hydrogens is 583 g/mol. The molecule has 2 N–H and O–H groups in total. The minimum atomic E-state index is -4.65. The molecule has 1 saturated carbocycles. The SMILES string of the molecule is C=C(Nc1ccc(C)c(C(C)c2ccc(NC(=C)C(C)(C)F)c(C(F)(F)F)c2)c1)C1C(c2ccc(C)c(Cl)c2)C1(C)Cl. The van der Waals surface area contributed by atoms with Crippen molar-refractivity contribution in [2.24, 2.45) is 5.92 Å². The predicted molar refractivity (Wildman–Crippen MR) is 168 cm³/mol. The smallest absolute Gasteiger partial charge is 0.359 e. The third kappa shape index (κ3) is 6.50. The lowest BCUT2D eigenvalue weighted by Gasteiger charge is -2.24. The summed E-state index contributed by atoms with van der Waals surface area (Å²) in [6.07, 6.45) is -4.65. The summed E-state index contributed by atoms with van der Waals surface area (Å²) < 4.78 is 56.5. The molecule has 3 aromatic carbocycles. The maximum atomic E-state index is 14.3. The molecule has 1 aliphatic rings. The fourth-order valence-corrected chi connectivity index (χ4v) is 6.09. The summed E-state index contributed by atoms with van der Waals surface area (Å²) in [6, 6.07) is 15.8. The number of allylic oxidation sites excluding steroid dienone is 2. The minimum absolute atomic E-state index is 0.0353. The molecule has 0 saturated heterocycles. The van der Waals surface area contributed by atoms with Crippen LogP contribution in [0.15, 0.2) is 79.1 Å². The van der Waals surface area contributed by atoms with E-state index in [1.54, 1.807) is 6.07 Å². The fraction of sp³-hybridized carbons (Fsp3) is 0.353. The van der Waals surface area contributed by atoms with Crippen LogP contribution in [0.25, 0.3) is 0 Å². The highest BCUT2D eigenvalue weighted by Crippen LogP contribution is 2.64. The predicted octanol–water partition coefficient (Wildman–Crippen LogP) is 11.1. The van der Waals surface area contributed by atoms with E-state index < -0.39 is 22.3 Å². The van der Waals surface area contributed by atoms with Crippen molar-refractivity contribution >= 4 is 34.6 Å². The second-order valence-corrected chi connectivity index (χ2v) is 13.2. The van der Waals surface area contributed by atoms with E-state index in [9.17, 15) is 17.6 Å². The lowest BCUT2D eigenvalue weighted by atomic mass is 9.88. The van der Waals surface area contributed by atoms with Gasteiger partial charge in [0.05, 0.1) is 16.1 Å². The highest BCUT2D eigenvalue weighted by molar-refractivity contribution is 6.31. The number of hydrogen-bond acceptors (Lipinski definition) is 2. The molecule has 2 nitrogen and oxygen atoms in total. The molecule has 0 heterocycles. The van der Waals surface area contributed by atoms with Gasteiger partial charge in [0.2, 0.25) is 0 Å². The number of aryl methyl sites for hydroxylation is 2. The molecular formula is C34H36Cl2F4N2. The molecule has 224 valence electrons. The van der Waals surface area contributed by atoms with Gasteiger partial charge in [-0.15, -0.1) is 11.6 Å². The molecule has 4 unspecified atom stereocenters. The van der Waals surface area contributed by atoms with E-state index in [0.717, 1.165) is 39.7 Å². The summed E-state index contributed by atoms with van der Waals surface area (Å²) >= 11 is 13.3. The van der Waals surface area contributed by atoms with Crippen LogP contribution < -0.4 is 10.6 Å². The van der Waals surface area contributed by atoms with Crippen molar-refractivity contribution in [2.45, 2.75) is 70.1 Å². The zero-order valence-electron chi connectivity index (χ0n) is 24.6. The van der Waals surface area contributed by atoms with E-state index in [4.69, 9.17) is 23.2 Å². The first kappa shape index (κ1) is 32.0. The lowest BCUT2D eigenvalue weighted by molar-refractivity contribution is -0.137. The first-order valence-electron chi connectivity index (χ1n) is 13.7. The summed E-state index contributed by atoms with van der Waals surface area (Å²) in [7, 11) is 0. The second kappa shape index (κ2) is 11.3. The van der Waals surface area contributed by atoms with Gasteiger partial charge in [0.1, 0.15) is 5.67 Å². The van der Waals surface area contributed by atoms with Gasteiger partial charge in [0.25, 0.3) is 0 Å². The average molecular weight is 620 g/mol. The topological polar surface area (TPSA) is 24.1 Å². The number of benzene rings is 3. The van der Waals surface area contributed by atoms with Gasteiger partial charge in [0.15, 0.2) is 0 Å². The van der Waals surface area contributed by atoms with Gasteiger partial charge >= 0.3 is 6.18 Å². The maximum Gasteiger partial charge on any atom is 0.418 e. The molecule has 4 rings (SSSR count). The Balaban J connectivity index is 1.58. The fourth-order valence-electron chi connectivity index (χ4n) is 5.46. The first-order chi connectivity index (χ1) is 19.3. The van der Waals surface area contributed by atoms with Crippen LogP contribution >= 0.6 is 23.2 Å². The van der Waals surface area contributed by atoms with E-state index in [0.29, 0.717) is 10.6 Å². The standard InChI is InChI=1S/C34H36Cl2F4N2/c1-18-10-13-25(41-21(4)30-31(33(30,8)36)24-11-9-19(2)28(35)16-24)17-26(18)20(3)23-12-14-29(27(15-23)34(38,39)40)42-22(5)32(6,7)37/h9-17,20,30-31,41-42H,4-5H2,1-3,6-8H3. The summed E-state index contributed by atoms with van der Waals surface area (Å²) in [4.78, 5) is -0.532. The first-order valence-corrected chi connectivity index (χ1v) is 14.5. The third-order valence-corrected chi connectivity index (χ3v) is 9.15. The molecule has 0 radical (unpaired) electrons. The normalized spacial score (nSPS) is 21.0. The monoisotopic (exact) mass is 618 g/mol. The van der Waals surface area contributed by atoms with Gasteiger partial charge < -0.3 is 10.6 Å². The minimum Gasteiger partial charge on any atom is -0.359 e. The van der Waals surface area contributed by atoms with Crippen molar-refractivity contribution < 1.29 is 17.6 Å². The van der Waals surface area contributed by atoms with Crippen molar-refractivity contribution in [3.63, 3.8) is 0 Å². The van der Waals surface area contributed by atoms with Crippen LogP contribution in [0.4, 0.5) is 28.9 Å². The van der Waals surface area contributed by atoms with Crippen LogP contribution in [-0.2, 0) is 6.18 Å². The largest absolute Gasteiger partial charge is 0.418 e. The van der Waals surface area contributed by atoms with Crippen LogP contribution in [-0.4, -0.2) is 10.5 Å². The summed E-state index contributed by atoms with van der Waals surface area (Å²) in [6.45, 7) is 18.0. The molecule has 8 heteroatoms. The van der Waals surface area contributed by atoms with E-state index in [1.807, 2.05) is 64.1 Å². The highest BCUT2D eigenvalue weighted by Gasteiger charge is 2.62. The molecule has 1 fully saturated rings. The van der Waals surface area contributed by atoms with Crippen molar-refractivity contribution in [1.29, 1.82) is 0 Å². The van der Waals surface area contributed by atoms with Gasteiger partial charge in [-0.25, -0.2) is 4.39 Å². The summed E-state index contributed by atoms with van der Waals surface area (Å²) in [5.74, 6) is -0.371. The van der Waals surface area contributed by atoms with Crippen molar-refractivity contribution in [3.8, 4) is 0 Å². The molecule has 4 atom stereocenters. The number of halogens is 6. The Labute approximate surface area is 255 Å². The quantitative estimate of drug-likeness (QED) is 0.184. The number of rotatable bonds is 9. The number of nitrogens with one attached hydrogen (secondary N) is 2. The van der Waals surface area contributed by atoms with E-state index in [1.165, 1.54) is 19.9 Å². The summed E-state index contributed by atoms with van der Waals surface area (Å²) in [5, 5.41) is 6.60. The van der Waals surface area contributed by atoms with Gasteiger partial charge in [-0.1, -0.05) is 55.9 Å². The second-order valence-electron chi connectivity index (χ2n) is 11.9. The van der Waals surface area contributed by atoms with Crippen LogP contribution in [0.3, 0.4) is 0 Å². The van der Waals surface area contributed by atoms with Crippen molar-refractivity contribution in [2.75, 3.05) is 10.6 Å². The Morgan fingerprint density at radius 1 is 0.929 bits per heavy atom. The Bertz CT molecular complexity index is 1540. The molecule has 1 aliphatic carbocycles. The van der Waals surface area contributed by atoms with Gasteiger partial charge in [-0.05, 0) is 92.8 Å². The number of hydrogen-bond donors (Lipinski definition) is 2. The van der Waals surface area contributed by atoms with E-state index in [2.05, 4.69) is 23.8 Å².